The van der Waals surface area contributed by atoms with Gasteiger partial charge in [-0.15, -0.1) is 0 Å². The van der Waals surface area contributed by atoms with Crippen molar-refractivity contribution >= 4 is 24.4 Å². The predicted molar refractivity (Wildman–Crippen MR) is 242 cm³/mol. The molecule has 0 aromatic rings. The Bertz CT molecular complexity index is 1450. The third kappa shape index (κ3) is 14.5. The van der Waals surface area contributed by atoms with Crippen molar-refractivity contribution in [2.75, 3.05) is 26.2 Å². The number of nitrogens with zero attached hydrogens (tertiary/aromatic N) is 1. The molecule has 3 amide bonds. The minimum Gasteiger partial charge on any atom is -0.462 e. The summed E-state index contributed by atoms with van der Waals surface area (Å²) in [7, 11) is 0. The van der Waals surface area contributed by atoms with Gasteiger partial charge in [-0.05, 0) is 179 Å². The average molecular weight is 841 g/mol. The van der Waals surface area contributed by atoms with E-state index in [1.54, 1.807) is 0 Å². The van der Waals surface area contributed by atoms with Crippen LogP contribution in [-0.4, -0.2) is 78.2 Å². The van der Waals surface area contributed by atoms with Crippen LogP contribution in [0.4, 0.5) is 4.79 Å². The smallest absolute Gasteiger partial charge is 0.408 e. The van der Waals surface area contributed by atoms with Gasteiger partial charge in [0, 0.05) is 37.0 Å². The SMILES string of the molecule is CC(C)CCCCC1CCC2C3CC=C4CC(OC(=O)CCC(=O)N(CCCCNCCC(C)(C)NC(=O)OC(C)(C)C)CCC(C)(C)NC=O)CCC4(C)C3CCC12C. The summed E-state index contributed by atoms with van der Waals surface area (Å²) in [6.45, 7) is 25.9. The van der Waals surface area contributed by atoms with Crippen LogP contribution in [-0.2, 0) is 23.9 Å². The van der Waals surface area contributed by atoms with Gasteiger partial charge in [0.1, 0.15) is 11.7 Å². The molecule has 0 heterocycles. The Morgan fingerprint density at radius 1 is 0.867 bits per heavy atom. The maximum Gasteiger partial charge on any atom is 0.408 e. The number of rotatable bonds is 23. The summed E-state index contributed by atoms with van der Waals surface area (Å²) in [6.07, 6.45) is 21.0. The molecule has 0 bridgehead atoms. The second-order valence-corrected chi connectivity index (χ2v) is 22.6. The number of esters is 1. The molecule has 7 unspecified atom stereocenters. The maximum absolute atomic E-state index is 13.6. The van der Waals surface area contributed by atoms with Crippen molar-refractivity contribution < 1.29 is 28.7 Å². The van der Waals surface area contributed by atoms with E-state index in [4.69, 9.17) is 9.47 Å². The highest BCUT2D eigenvalue weighted by molar-refractivity contribution is 5.81. The number of ether oxygens (including phenoxy) is 2. The molecule has 344 valence electrons. The van der Waals surface area contributed by atoms with E-state index in [9.17, 15) is 19.2 Å². The van der Waals surface area contributed by atoms with E-state index in [1.165, 1.54) is 63.4 Å². The van der Waals surface area contributed by atoms with E-state index in [-0.39, 0.29) is 36.2 Å². The van der Waals surface area contributed by atoms with Crippen LogP contribution in [0, 0.1) is 40.4 Å². The Hall–Kier alpha value is -2.62. The minimum atomic E-state index is -0.544. The lowest BCUT2D eigenvalue weighted by Crippen LogP contribution is -2.50. The summed E-state index contributed by atoms with van der Waals surface area (Å²) < 4.78 is 11.5. The van der Waals surface area contributed by atoms with Gasteiger partial charge in [0.15, 0.2) is 0 Å². The van der Waals surface area contributed by atoms with Crippen molar-refractivity contribution in [3.05, 3.63) is 11.6 Å². The molecule has 10 nitrogen and oxygen atoms in total. The van der Waals surface area contributed by atoms with E-state index < -0.39 is 22.8 Å². The fraction of sp³-hybridized carbons (Fsp3) is 0.880. The van der Waals surface area contributed by atoms with Gasteiger partial charge in [0.25, 0.3) is 0 Å². The van der Waals surface area contributed by atoms with Crippen LogP contribution in [0.15, 0.2) is 11.6 Å². The Balaban J connectivity index is 1.22. The van der Waals surface area contributed by atoms with Crippen molar-refractivity contribution in [3.8, 4) is 0 Å². The van der Waals surface area contributed by atoms with Crippen LogP contribution in [0.25, 0.3) is 0 Å². The van der Waals surface area contributed by atoms with Gasteiger partial charge < -0.3 is 30.3 Å². The van der Waals surface area contributed by atoms with Crippen molar-refractivity contribution in [3.63, 3.8) is 0 Å². The van der Waals surface area contributed by atoms with Crippen LogP contribution < -0.4 is 16.0 Å². The zero-order valence-electron chi connectivity index (χ0n) is 40.1. The predicted octanol–water partition coefficient (Wildman–Crippen LogP) is 10.3. The lowest BCUT2D eigenvalue weighted by atomic mass is 9.47. The number of carbonyl (C=O) groups excluding carboxylic acids is 4. The van der Waals surface area contributed by atoms with E-state index in [2.05, 4.69) is 49.7 Å². The highest BCUT2D eigenvalue weighted by Gasteiger charge is 2.58. The van der Waals surface area contributed by atoms with Crippen molar-refractivity contribution in [1.82, 2.24) is 20.9 Å². The normalized spacial score (nSPS) is 27.9. The second-order valence-electron chi connectivity index (χ2n) is 22.6. The van der Waals surface area contributed by atoms with Crippen LogP contribution in [0.1, 0.15) is 192 Å². The van der Waals surface area contributed by atoms with Crippen molar-refractivity contribution in [2.45, 2.75) is 215 Å². The molecule has 60 heavy (non-hydrogen) atoms. The Kier molecular flexibility index (Phi) is 18.0. The van der Waals surface area contributed by atoms with E-state index in [0.29, 0.717) is 31.3 Å². The first kappa shape index (κ1) is 50.0. The van der Waals surface area contributed by atoms with Gasteiger partial charge in [0.05, 0.1) is 6.42 Å². The van der Waals surface area contributed by atoms with E-state index in [0.717, 1.165) is 81.2 Å². The lowest BCUT2D eigenvalue weighted by molar-refractivity contribution is -0.153. The Morgan fingerprint density at radius 2 is 1.62 bits per heavy atom. The zero-order valence-corrected chi connectivity index (χ0v) is 40.1. The number of allylic oxidation sites excluding steroid dienone is 1. The number of nitrogens with one attached hydrogen (secondary N) is 3. The van der Waals surface area contributed by atoms with Gasteiger partial charge in [-0.1, -0.05) is 58.6 Å². The summed E-state index contributed by atoms with van der Waals surface area (Å²) in [5, 5.41) is 9.27. The van der Waals surface area contributed by atoms with Gasteiger partial charge >= 0.3 is 12.1 Å². The maximum atomic E-state index is 13.6. The van der Waals surface area contributed by atoms with Crippen LogP contribution >= 0.6 is 0 Å². The largest absolute Gasteiger partial charge is 0.462 e. The second kappa shape index (κ2) is 21.6. The molecular weight excluding hydrogens is 753 g/mol. The third-order valence-electron chi connectivity index (χ3n) is 15.3. The molecule has 3 N–H and O–H groups in total. The van der Waals surface area contributed by atoms with Gasteiger partial charge in [-0.3, -0.25) is 14.4 Å². The molecule has 0 aliphatic heterocycles. The molecule has 10 heteroatoms. The fourth-order valence-corrected chi connectivity index (χ4v) is 11.6. The van der Waals surface area contributed by atoms with Gasteiger partial charge in [0.2, 0.25) is 12.3 Å². The first-order chi connectivity index (χ1) is 28.1. The first-order valence-electron chi connectivity index (χ1n) is 24.2. The monoisotopic (exact) mass is 841 g/mol. The zero-order chi connectivity index (χ0) is 44.4. The molecule has 4 aliphatic carbocycles. The number of amides is 3. The summed E-state index contributed by atoms with van der Waals surface area (Å²) in [6, 6.07) is 0. The molecule has 4 rings (SSSR count). The van der Waals surface area contributed by atoms with Crippen molar-refractivity contribution in [2.24, 2.45) is 40.4 Å². The molecule has 0 aromatic carbocycles. The first-order valence-corrected chi connectivity index (χ1v) is 24.2. The minimum absolute atomic E-state index is 0.0527. The number of unbranched alkanes of at least 4 members (excludes halogenated alkanes) is 2. The lowest BCUT2D eigenvalue weighted by Gasteiger charge is -2.58. The van der Waals surface area contributed by atoms with Crippen LogP contribution in [0.5, 0.6) is 0 Å². The molecule has 0 radical (unpaired) electrons. The number of hydrogen-bond acceptors (Lipinski definition) is 7. The highest BCUT2D eigenvalue weighted by Crippen LogP contribution is 2.67. The van der Waals surface area contributed by atoms with E-state index in [1.807, 2.05) is 53.4 Å². The number of hydrogen-bond donors (Lipinski definition) is 3. The van der Waals surface area contributed by atoms with Crippen molar-refractivity contribution in [1.29, 1.82) is 0 Å². The molecule has 3 saturated carbocycles. The summed E-state index contributed by atoms with van der Waals surface area (Å²) >= 11 is 0. The number of alkyl carbamates (subject to hydrolysis) is 1. The van der Waals surface area contributed by atoms with E-state index >= 15 is 0 Å². The molecule has 0 saturated heterocycles. The fourth-order valence-electron chi connectivity index (χ4n) is 11.6. The Morgan fingerprint density at radius 3 is 2.32 bits per heavy atom. The number of carbonyl (C=O) groups is 4. The summed E-state index contributed by atoms with van der Waals surface area (Å²) in [4.78, 5) is 52.2. The molecule has 7 atom stereocenters. The standard InChI is InChI=1S/C50H88N4O6/c1-36(2)16-12-13-17-37-19-21-41-40-20-18-38-34-39(24-26-50(38,11)42(40)25-27-49(37,41)10)59-44(57)23-22-43(56)54(33-29-47(6,7)52-35-55)32-15-14-30-51-31-28-48(8,9)53-45(58)60-46(3,4)5/h18,35-37,39-42,51H,12-17,19-34H2,1-11H3,(H,52,55)(H,53,58). The quantitative estimate of drug-likeness (QED) is 0.0405. The average Bonchev–Trinajstić information content (AvgIpc) is 3.48. The van der Waals surface area contributed by atoms with Crippen LogP contribution in [0.3, 0.4) is 0 Å². The third-order valence-corrected chi connectivity index (χ3v) is 15.3. The molecular formula is C50H88N4O6. The van der Waals surface area contributed by atoms with Gasteiger partial charge in [-0.25, -0.2) is 4.79 Å². The molecule has 0 spiro atoms. The highest BCUT2D eigenvalue weighted by atomic mass is 16.6. The topological polar surface area (TPSA) is 126 Å². The molecule has 0 aromatic heterocycles. The number of fused-ring (bicyclic) bond motifs is 5. The summed E-state index contributed by atoms with van der Waals surface area (Å²) in [5.41, 5.74) is 0.814. The Labute approximate surface area is 365 Å². The molecule has 3 fully saturated rings. The summed E-state index contributed by atoms with van der Waals surface area (Å²) in [5.74, 6) is 3.73. The van der Waals surface area contributed by atoms with Gasteiger partial charge in [-0.2, -0.15) is 0 Å². The molecule has 4 aliphatic rings. The van der Waals surface area contributed by atoms with Crippen LogP contribution in [0.2, 0.25) is 0 Å².